The van der Waals surface area contributed by atoms with Gasteiger partial charge in [0.25, 0.3) is 5.91 Å². The number of benzene rings is 3. The van der Waals surface area contributed by atoms with Crippen molar-refractivity contribution in [3.05, 3.63) is 75.2 Å². The van der Waals surface area contributed by atoms with Crippen LogP contribution in [0.1, 0.15) is 11.1 Å². The van der Waals surface area contributed by atoms with Gasteiger partial charge in [0.15, 0.2) is 23.0 Å². The van der Waals surface area contributed by atoms with Gasteiger partial charge in [-0.1, -0.05) is 29.8 Å². The molecule has 0 aliphatic heterocycles. The predicted octanol–water partition coefficient (Wildman–Crippen LogP) is 4.62. The Bertz CT molecular complexity index is 1470. The highest BCUT2D eigenvalue weighted by atomic mass is 79.9. The van der Waals surface area contributed by atoms with Crippen molar-refractivity contribution in [1.29, 1.82) is 0 Å². The van der Waals surface area contributed by atoms with Crippen molar-refractivity contribution in [2.24, 2.45) is 5.10 Å². The SMILES string of the molecule is COc1ccc(N(CC(=O)N/N=C\c2cc(Br)c(OCc3ccccc3Cl)c(OC)c2)S(C)(=O)=O)cc1OC. The van der Waals surface area contributed by atoms with Crippen LogP contribution in [0.2, 0.25) is 5.02 Å². The summed E-state index contributed by atoms with van der Waals surface area (Å²) in [5.74, 6) is 0.988. The maximum atomic E-state index is 12.6. The van der Waals surface area contributed by atoms with Crippen molar-refractivity contribution in [3.8, 4) is 23.0 Å². The first-order valence-electron chi connectivity index (χ1n) is 11.3. The number of halogens is 2. The summed E-state index contributed by atoms with van der Waals surface area (Å²) in [5, 5.41) is 4.55. The van der Waals surface area contributed by atoms with Crippen LogP contribution in [0, 0.1) is 0 Å². The lowest BCUT2D eigenvalue weighted by Crippen LogP contribution is -2.39. The van der Waals surface area contributed by atoms with Gasteiger partial charge in [-0.25, -0.2) is 13.8 Å². The van der Waals surface area contributed by atoms with E-state index in [1.165, 1.54) is 39.7 Å². The van der Waals surface area contributed by atoms with E-state index in [1.54, 1.807) is 24.3 Å². The minimum Gasteiger partial charge on any atom is -0.493 e. The number of carbonyl (C=O) groups excluding carboxylic acids is 1. The van der Waals surface area contributed by atoms with E-state index in [0.717, 1.165) is 16.1 Å². The Kier molecular flexibility index (Phi) is 10.4. The average Bonchev–Trinajstić information content (AvgIpc) is 2.90. The molecular weight excluding hydrogens is 614 g/mol. The van der Waals surface area contributed by atoms with Crippen molar-refractivity contribution in [3.63, 3.8) is 0 Å². The van der Waals surface area contributed by atoms with Gasteiger partial charge in [0.1, 0.15) is 13.2 Å². The molecule has 0 aliphatic carbocycles. The van der Waals surface area contributed by atoms with Crippen LogP contribution in [0.25, 0.3) is 0 Å². The topological polar surface area (TPSA) is 116 Å². The van der Waals surface area contributed by atoms with Crippen molar-refractivity contribution < 1.29 is 32.2 Å². The zero-order chi connectivity index (χ0) is 28.6. The highest BCUT2D eigenvalue weighted by molar-refractivity contribution is 9.10. The number of nitrogens with zero attached hydrogens (tertiary/aromatic N) is 2. The molecule has 208 valence electrons. The number of sulfonamides is 1. The summed E-state index contributed by atoms with van der Waals surface area (Å²) in [7, 11) is 0.592. The molecule has 3 aromatic rings. The normalized spacial score (nSPS) is 11.2. The molecule has 1 N–H and O–H groups in total. The third kappa shape index (κ3) is 8.01. The van der Waals surface area contributed by atoms with Crippen LogP contribution in [-0.4, -0.2) is 54.7 Å². The Morgan fingerprint density at radius 3 is 2.36 bits per heavy atom. The molecule has 0 atom stereocenters. The van der Waals surface area contributed by atoms with Crippen LogP contribution in [0.3, 0.4) is 0 Å². The van der Waals surface area contributed by atoms with Gasteiger partial charge in [0, 0.05) is 16.7 Å². The number of carbonyl (C=O) groups is 1. The summed E-state index contributed by atoms with van der Waals surface area (Å²) in [6.45, 7) is -0.275. The Morgan fingerprint density at radius 1 is 1.03 bits per heavy atom. The van der Waals surface area contributed by atoms with E-state index in [-0.39, 0.29) is 12.3 Å². The summed E-state index contributed by atoms with van der Waals surface area (Å²) >= 11 is 9.68. The lowest BCUT2D eigenvalue weighted by Gasteiger charge is -2.22. The first-order chi connectivity index (χ1) is 18.6. The number of amides is 1. The van der Waals surface area contributed by atoms with Crippen LogP contribution in [0.15, 0.2) is 64.2 Å². The van der Waals surface area contributed by atoms with E-state index in [0.29, 0.717) is 38.1 Å². The van der Waals surface area contributed by atoms with Crippen LogP contribution < -0.4 is 28.7 Å². The molecule has 1 amide bonds. The number of rotatable bonds is 12. The molecule has 0 unspecified atom stereocenters. The number of methoxy groups -OCH3 is 3. The maximum absolute atomic E-state index is 12.6. The number of hydrazone groups is 1. The maximum Gasteiger partial charge on any atom is 0.260 e. The Morgan fingerprint density at radius 2 is 1.72 bits per heavy atom. The molecule has 13 heteroatoms. The molecule has 0 bridgehead atoms. The second-order valence-corrected chi connectivity index (χ2v) is 11.2. The summed E-state index contributed by atoms with van der Waals surface area (Å²) in [6.07, 6.45) is 2.39. The molecule has 0 aliphatic rings. The van der Waals surface area contributed by atoms with Gasteiger partial charge in [-0.05, 0) is 51.8 Å². The van der Waals surface area contributed by atoms with Gasteiger partial charge in [-0.3, -0.25) is 9.10 Å². The van der Waals surface area contributed by atoms with Crippen LogP contribution in [0.5, 0.6) is 23.0 Å². The van der Waals surface area contributed by atoms with Crippen molar-refractivity contribution in [1.82, 2.24) is 5.43 Å². The van der Waals surface area contributed by atoms with Crippen LogP contribution in [0.4, 0.5) is 5.69 Å². The molecule has 0 aromatic heterocycles. The number of ether oxygens (including phenoxy) is 4. The number of hydrogen-bond acceptors (Lipinski definition) is 8. The average molecular weight is 641 g/mol. The molecule has 39 heavy (non-hydrogen) atoms. The van der Waals surface area contributed by atoms with Gasteiger partial charge in [0.2, 0.25) is 10.0 Å². The highest BCUT2D eigenvalue weighted by Crippen LogP contribution is 2.37. The summed E-state index contributed by atoms with van der Waals surface area (Å²) in [5.41, 5.74) is 3.98. The van der Waals surface area contributed by atoms with Crippen molar-refractivity contribution >= 4 is 55.4 Å². The predicted molar refractivity (Wildman–Crippen MR) is 154 cm³/mol. The molecule has 0 heterocycles. The largest absolute Gasteiger partial charge is 0.493 e. The molecule has 0 saturated heterocycles. The van der Waals surface area contributed by atoms with E-state index in [2.05, 4.69) is 26.5 Å². The monoisotopic (exact) mass is 639 g/mol. The van der Waals surface area contributed by atoms with Gasteiger partial charge in [0.05, 0.1) is 44.0 Å². The van der Waals surface area contributed by atoms with Gasteiger partial charge < -0.3 is 18.9 Å². The summed E-state index contributed by atoms with van der Waals surface area (Å²) in [6, 6.07) is 15.3. The minimum absolute atomic E-state index is 0.231. The third-order valence-corrected chi connectivity index (χ3v) is 7.43. The minimum atomic E-state index is -3.80. The van der Waals surface area contributed by atoms with Gasteiger partial charge in [-0.15, -0.1) is 0 Å². The first-order valence-corrected chi connectivity index (χ1v) is 14.3. The van der Waals surface area contributed by atoms with Crippen LogP contribution in [-0.2, 0) is 21.4 Å². The summed E-state index contributed by atoms with van der Waals surface area (Å²) < 4.78 is 48.2. The fraction of sp³-hybridized carbons (Fsp3) is 0.231. The van der Waals surface area contributed by atoms with Crippen molar-refractivity contribution in [2.45, 2.75) is 6.61 Å². The lowest BCUT2D eigenvalue weighted by atomic mass is 10.2. The molecular formula is C26H27BrClN3O7S. The third-order valence-electron chi connectivity index (χ3n) is 5.33. The molecule has 0 saturated carbocycles. The van der Waals surface area contributed by atoms with E-state index >= 15 is 0 Å². The molecule has 10 nitrogen and oxygen atoms in total. The molecule has 3 rings (SSSR count). The number of anilines is 1. The van der Waals surface area contributed by atoms with E-state index in [9.17, 15) is 13.2 Å². The Balaban J connectivity index is 1.71. The highest BCUT2D eigenvalue weighted by Gasteiger charge is 2.22. The van der Waals surface area contributed by atoms with E-state index in [4.69, 9.17) is 30.5 Å². The second-order valence-electron chi connectivity index (χ2n) is 8.02. The van der Waals surface area contributed by atoms with E-state index in [1.807, 2.05) is 18.2 Å². The smallest absolute Gasteiger partial charge is 0.260 e. The number of nitrogens with one attached hydrogen (secondary N) is 1. The molecule has 3 aromatic carbocycles. The first kappa shape index (κ1) is 30.1. The van der Waals surface area contributed by atoms with Gasteiger partial charge >= 0.3 is 0 Å². The fourth-order valence-electron chi connectivity index (χ4n) is 3.44. The lowest BCUT2D eigenvalue weighted by molar-refractivity contribution is -0.119. The van der Waals surface area contributed by atoms with Crippen LogP contribution >= 0.6 is 27.5 Å². The zero-order valence-electron chi connectivity index (χ0n) is 21.6. The Hall–Kier alpha value is -3.48. The molecule has 0 radical (unpaired) electrons. The standard InChI is InChI=1S/C26H27BrClN3O7S/c1-35-22-10-9-19(13-23(22)36-2)31(39(4,33)34)15-25(32)30-29-14-17-11-20(27)26(24(12-17)37-3)38-16-18-7-5-6-8-21(18)28/h5-14H,15-16H2,1-4H3,(H,30,32)/b29-14-. The van der Waals surface area contributed by atoms with Crippen molar-refractivity contribution in [2.75, 3.05) is 38.4 Å². The Labute approximate surface area is 240 Å². The fourth-order valence-corrected chi connectivity index (χ4v) is 5.06. The summed E-state index contributed by atoms with van der Waals surface area (Å²) in [4.78, 5) is 12.6. The molecule has 0 spiro atoms. The van der Waals surface area contributed by atoms with Gasteiger partial charge in [-0.2, -0.15) is 5.10 Å². The zero-order valence-corrected chi connectivity index (χ0v) is 24.8. The number of hydrogen-bond donors (Lipinski definition) is 1. The second kappa shape index (κ2) is 13.5. The molecule has 0 fully saturated rings. The quantitative estimate of drug-likeness (QED) is 0.227. The van der Waals surface area contributed by atoms with E-state index < -0.39 is 22.5 Å².